The fourth-order valence-corrected chi connectivity index (χ4v) is 6.86. The number of piperidine rings is 1. The van der Waals surface area contributed by atoms with Crippen molar-refractivity contribution >= 4 is 56.6 Å². The first-order chi connectivity index (χ1) is 20.9. The zero-order valence-electron chi connectivity index (χ0n) is 26.0. The fraction of sp³-hybridized carbons (Fsp3) is 0.424. The number of urea groups is 1. The Bertz CT molecular complexity index is 1510. The van der Waals surface area contributed by atoms with E-state index in [1.54, 1.807) is 20.8 Å². The molecule has 3 aromatic rings. The zero-order valence-corrected chi connectivity index (χ0v) is 28.4. The highest BCUT2D eigenvalue weighted by Gasteiger charge is 2.27. The molecule has 11 heteroatoms. The summed E-state index contributed by atoms with van der Waals surface area (Å²) in [6, 6.07) is 13.8. The van der Waals surface area contributed by atoms with Crippen molar-refractivity contribution in [3.8, 4) is 16.2 Å². The summed E-state index contributed by atoms with van der Waals surface area (Å²) in [6.45, 7) is 11.2. The minimum Gasteiger partial charge on any atom is -0.479 e. The second-order valence-electron chi connectivity index (χ2n) is 11.8. The SMILES string of the molecule is COC(=O)c1sc(-c2cccc(NCC3CCN(C(=O)Nc4cccc(C)c4C)CC3)c2)c(Br)c1OCC(=O)OC(C)(C)C. The Morgan fingerprint density at radius 2 is 1.77 bits per heavy atom. The van der Waals surface area contributed by atoms with Crippen LogP contribution in [0.2, 0.25) is 0 Å². The predicted molar refractivity (Wildman–Crippen MR) is 178 cm³/mol. The summed E-state index contributed by atoms with van der Waals surface area (Å²) in [7, 11) is 1.31. The van der Waals surface area contributed by atoms with E-state index in [9.17, 15) is 14.4 Å². The molecule has 1 saturated heterocycles. The number of nitrogens with zero attached hydrogens (tertiary/aromatic N) is 1. The number of nitrogens with one attached hydrogen (secondary N) is 2. The number of carbonyl (C=O) groups excluding carboxylic acids is 3. The van der Waals surface area contributed by atoms with Gasteiger partial charge in [-0.05, 0) is 104 Å². The number of benzene rings is 2. The summed E-state index contributed by atoms with van der Waals surface area (Å²) < 4.78 is 16.6. The van der Waals surface area contributed by atoms with E-state index in [1.807, 2.05) is 61.2 Å². The Balaban J connectivity index is 1.37. The van der Waals surface area contributed by atoms with E-state index in [4.69, 9.17) is 14.2 Å². The molecule has 0 aliphatic carbocycles. The van der Waals surface area contributed by atoms with Crippen LogP contribution in [0.1, 0.15) is 54.4 Å². The Hall–Kier alpha value is -3.57. The van der Waals surface area contributed by atoms with Gasteiger partial charge in [0.1, 0.15) is 5.60 Å². The first-order valence-corrected chi connectivity index (χ1v) is 16.2. The Kier molecular flexibility index (Phi) is 11.0. The molecule has 0 saturated carbocycles. The smallest absolute Gasteiger partial charge is 0.351 e. The number of rotatable bonds is 9. The monoisotopic (exact) mass is 685 g/mol. The van der Waals surface area contributed by atoms with Gasteiger partial charge in [0.15, 0.2) is 17.2 Å². The van der Waals surface area contributed by atoms with E-state index < -0.39 is 17.5 Å². The summed E-state index contributed by atoms with van der Waals surface area (Å²) in [5.74, 6) is -0.415. The average Bonchev–Trinajstić information content (AvgIpc) is 3.32. The Labute approximate surface area is 271 Å². The Morgan fingerprint density at radius 3 is 2.45 bits per heavy atom. The zero-order chi connectivity index (χ0) is 32.0. The molecule has 1 aliphatic rings. The molecule has 2 amide bonds. The van der Waals surface area contributed by atoms with Crippen LogP contribution in [0.25, 0.3) is 10.4 Å². The van der Waals surface area contributed by atoms with Crippen molar-refractivity contribution in [2.24, 2.45) is 5.92 Å². The lowest BCUT2D eigenvalue weighted by Gasteiger charge is -2.32. The number of carbonyl (C=O) groups is 3. The molecule has 44 heavy (non-hydrogen) atoms. The first-order valence-electron chi connectivity index (χ1n) is 14.6. The molecule has 1 fully saturated rings. The maximum atomic E-state index is 12.9. The first kappa shape index (κ1) is 33.3. The average molecular weight is 687 g/mol. The second kappa shape index (κ2) is 14.5. The molecule has 0 unspecified atom stereocenters. The standard InChI is InChI=1S/C33H40BrN3O6S/c1-20-9-7-12-25(21(20)2)36-32(40)37-15-13-22(14-16-37)18-35-24-11-8-10-23(17-24)29-27(34)28(30(44-29)31(39)41-6)42-19-26(38)43-33(3,4)5/h7-12,17,22,35H,13-16,18-19H2,1-6H3,(H,36,40). The molecule has 9 nitrogen and oxygen atoms in total. The van der Waals surface area contributed by atoms with Crippen LogP contribution in [-0.4, -0.2) is 61.8 Å². The Morgan fingerprint density at radius 1 is 1.07 bits per heavy atom. The third-order valence-electron chi connectivity index (χ3n) is 7.40. The van der Waals surface area contributed by atoms with Gasteiger partial charge in [0.25, 0.3) is 0 Å². The third-order valence-corrected chi connectivity index (χ3v) is 9.62. The minimum absolute atomic E-state index is 0.0555. The van der Waals surface area contributed by atoms with E-state index in [0.29, 0.717) is 23.5 Å². The number of hydrogen-bond donors (Lipinski definition) is 2. The van der Waals surface area contributed by atoms with Crippen molar-refractivity contribution in [2.75, 3.05) is 44.0 Å². The van der Waals surface area contributed by atoms with Gasteiger partial charge < -0.3 is 29.7 Å². The summed E-state index contributed by atoms with van der Waals surface area (Å²) in [6.07, 6.45) is 1.81. The van der Waals surface area contributed by atoms with Crippen LogP contribution in [0.4, 0.5) is 16.2 Å². The van der Waals surface area contributed by atoms with Gasteiger partial charge in [-0.15, -0.1) is 11.3 Å². The quantitative estimate of drug-likeness (QED) is 0.223. The fourth-order valence-electron chi connectivity index (χ4n) is 4.89. The van der Waals surface area contributed by atoms with Crippen LogP contribution >= 0.6 is 27.3 Å². The van der Waals surface area contributed by atoms with E-state index in [-0.39, 0.29) is 23.3 Å². The predicted octanol–water partition coefficient (Wildman–Crippen LogP) is 7.66. The highest BCUT2D eigenvalue weighted by atomic mass is 79.9. The maximum Gasteiger partial charge on any atom is 0.351 e. The molecule has 0 spiro atoms. The molecule has 4 rings (SSSR count). The van der Waals surface area contributed by atoms with E-state index >= 15 is 0 Å². The van der Waals surface area contributed by atoms with Gasteiger partial charge >= 0.3 is 18.0 Å². The van der Waals surface area contributed by atoms with E-state index in [0.717, 1.165) is 52.3 Å². The molecule has 2 aromatic carbocycles. The number of hydrogen-bond acceptors (Lipinski definition) is 8. The second-order valence-corrected chi connectivity index (χ2v) is 13.7. The van der Waals surface area contributed by atoms with Crippen molar-refractivity contribution in [2.45, 2.75) is 53.1 Å². The number of likely N-dealkylation sites (tertiary alicyclic amines) is 1. The summed E-state index contributed by atoms with van der Waals surface area (Å²) in [5, 5.41) is 6.61. The number of methoxy groups -OCH3 is 1. The molecule has 1 aromatic heterocycles. The van der Waals surface area contributed by atoms with Gasteiger partial charge in [0, 0.05) is 31.0 Å². The maximum absolute atomic E-state index is 12.9. The summed E-state index contributed by atoms with van der Waals surface area (Å²) in [5.41, 5.74) is 4.26. The van der Waals surface area contributed by atoms with Gasteiger partial charge in [-0.1, -0.05) is 24.3 Å². The number of ether oxygens (including phenoxy) is 3. The molecule has 236 valence electrons. The lowest BCUT2D eigenvalue weighted by atomic mass is 9.97. The lowest BCUT2D eigenvalue weighted by Crippen LogP contribution is -2.42. The van der Waals surface area contributed by atoms with Gasteiger partial charge in [-0.25, -0.2) is 14.4 Å². The molecule has 2 heterocycles. The van der Waals surface area contributed by atoms with E-state index in [1.165, 1.54) is 18.4 Å². The molecule has 0 bridgehead atoms. The summed E-state index contributed by atoms with van der Waals surface area (Å²) >= 11 is 4.81. The molecule has 1 aliphatic heterocycles. The molecule has 0 radical (unpaired) electrons. The number of anilines is 2. The van der Waals surface area contributed by atoms with Gasteiger partial charge in [-0.2, -0.15) is 0 Å². The lowest BCUT2D eigenvalue weighted by molar-refractivity contribution is -0.157. The van der Waals surface area contributed by atoms with Crippen molar-refractivity contribution in [1.29, 1.82) is 0 Å². The van der Waals surface area contributed by atoms with Gasteiger partial charge in [0.2, 0.25) is 0 Å². The largest absolute Gasteiger partial charge is 0.479 e. The van der Waals surface area contributed by atoms with Gasteiger partial charge in [0.05, 0.1) is 16.5 Å². The van der Waals surface area contributed by atoms with Crippen LogP contribution in [0.3, 0.4) is 0 Å². The number of thiophene rings is 1. The highest BCUT2D eigenvalue weighted by molar-refractivity contribution is 9.10. The van der Waals surface area contributed by atoms with Crippen LogP contribution in [0.15, 0.2) is 46.9 Å². The van der Waals surface area contributed by atoms with Crippen LogP contribution in [0.5, 0.6) is 5.75 Å². The van der Waals surface area contributed by atoms with Crippen molar-refractivity contribution in [3.63, 3.8) is 0 Å². The number of amides is 2. The summed E-state index contributed by atoms with van der Waals surface area (Å²) in [4.78, 5) is 40.6. The number of aryl methyl sites for hydroxylation is 1. The van der Waals surface area contributed by atoms with Crippen LogP contribution in [0, 0.1) is 19.8 Å². The van der Waals surface area contributed by atoms with Crippen molar-refractivity contribution in [3.05, 3.63) is 62.9 Å². The van der Waals surface area contributed by atoms with Crippen LogP contribution < -0.4 is 15.4 Å². The molecule has 2 N–H and O–H groups in total. The number of esters is 2. The minimum atomic E-state index is -0.650. The number of halogens is 1. The topological polar surface area (TPSA) is 106 Å². The normalized spacial score (nSPS) is 13.8. The van der Waals surface area contributed by atoms with Gasteiger partial charge in [-0.3, -0.25) is 0 Å². The molecule has 0 atom stereocenters. The third kappa shape index (κ3) is 8.53. The molecular weight excluding hydrogens is 646 g/mol. The van der Waals surface area contributed by atoms with E-state index in [2.05, 4.69) is 26.6 Å². The highest BCUT2D eigenvalue weighted by Crippen LogP contribution is 2.46. The van der Waals surface area contributed by atoms with Crippen LogP contribution in [-0.2, 0) is 14.3 Å². The van der Waals surface area contributed by atoms with Crippen molar-refractivity contribution in [1.82, 2.24) is 4.90 Å². The van der Waals surface area contributed by atoms with Crippen molar-refractivity contribution < 1.29 is 28.6 Å². The molecular formula is C33H40BrN3O6S.